The van der Waals surface area contributed by atoms with E-state index in [1.807, 2.05) is 0 Å². The van der Waals surface area contributed by atoms with Crippen molar-refractivity contribution in [1.82, 2.24) is 31.1 Å². The Bertz CT molecular complexity index is 2390. The summed E-state index contributed by atoms with van der Waals surface area (Å²) in [5.41, 5.74) is -7.81. The van der Waals surface area contributed by atoms with Crippen molar-refractivity contribution >= 4 is 42.1 Å². The molecule has 6 amide bonds. The molecule has 4 aliphatic rings. The quantitative estimate of drug-likeness (QED) is 0.0794. The van der Waals surface area contributed by atoms with Crippen LogP contribution in [0.1, 0.15) is 115 Å². The number of aliphatic hydroxyl groups is 4. The summed E-state index contributed by atoms with van der Waals surface area (Å²) in [4.78, 5) is 94.3. The number of likely N-dealkylation sites (N-methyl/N-ethyl adjacent to an activating group) is 1. The zero-order valence-electron chi connectivity index (χ0n) is 47.5. The van der Waals surface area contributed by atoms with Gasteiger partial charge in [-0.05, 0) is 127 Å². The van der Waals surface area contributed by atoms with Gasteiger partial charge >= 0.3 is 30.5 Å². The van der Waals surface area contributed by atoms with Crippen molar-refractivity contribution in [1.29, 1.82) is 0 Å². The summed E-state index contributed by atoms with van der Waals surface area (Å²) in [5.74, 6) is -2.33. The van der Waals surface area contributed by atoms with Crippen LogP contribution >= 0.6 is 0 Å². The van der Waals surface area contributed by atoms with Crippen LogP contribution in [0.4, 0.5) is 29.7 Å². The molecule has 3 aliphatic heterocycles. The van der Waals surface area contributed by atoms with E-state index in [-0.39, 0.29) is 50.4 Å². The second kappa shape index (κ2) is 24.6. The van der Waals surface area contributed by atoms with Crippen molar-refractivity contribution in [3.63, 3.8) is 0 Å². The number of benzene rings is 1. The maximum absolute atomic E-state index is 14.5. The summed E-state index contributed by atoms with van der Waals surface area (Å²) in [6.07, 6.45) is -12.3. The molecule has 0 spiro atoms. The van der Waals surface area contributed by atoms with Crippen molar-refractivity contribution in [3.8, 4) is 0 Å². The Morgan fingerprint density at radius 3 is 1.92 bits per heavy atom. The molecule has 27 heteroatoms. The molecule has 12 atom stereocenters. The maximum Gasteiger partial charge on any atom is 0.410 e. The Balaban J connectivity index is 1.56. The highest BCUT2D eigenvalue weighted by atomic mass is 16.7. The van der Waals surface area contributed by atoms with Crippen LogP contribution < -0.4 is 21.3 Å². The lowest BCUT2D eigenvalue weighted by molar-refractivity contribution is -0.384. The minimum absolute atomic E-state index is 0.0355. The highest BCUT2D eigenvalue weighted by molar-refractivity contribution is 5.87. The van der Waals surface area contributed by atoms with Crippen molar-refractivity contribution in [2.45, 2.75) is 204 Å². The van der Waals surface area contributed by atoms with Gasteiger partial charge < -0.3 is 89.4 Å². The van der Waals surface area contributed by atoms with Gasteiger partial charge in [-0.3, -0.25) is 14.9 Å². The number of rotatable bonds is 13. The van der Waals surface area contributed by atoms with Crippen LogP contribution in [0.3, 0.4) is 0 Å². The van der Waals surface area contributed by atoms with Crippen LogP contribution in [-0.2, 0) is 49.3 Å². The molecule has 0 aromatic heterocycles. The number of nitro benzene ring substituents is 1. The third-order valence-corrected chi connectivity index (χ3v) is 12.9. The molecule has 2 unspecified atom stereocenters. The van der Waals surface area contributed by atoms with Crippen molar-refractivity contribution in [2.24, 2.45) is 5.92 Å². The molecule has 3 heterocycles. The van der Waals surface area contributed by atoms with Crippen LogP contribution in [0.15, 0.2) is 36.1 Å². The number of β-amino-alcohol motifs (C(OH)–C–C–N with tert-alkyl or cyclic N) is 1. The Morgan fingerprint density at radius 2 is 1.37 bits per heavy atom. The number of nitrogens with zero attached hydrogens (tertiary/aromatic N) is 3. The Kier molecular flexibility index (Phi) is 19.8. The minimum Gasteiger partial charge on any atom is -0.491 e. The Hall–Kier alpha value is -6.26. The number of likely N-dealkylation sites (tertiary alicyclic amines) is 1. The van der Waals surface area contributed by atoms with Gasteiger partial charge in [-0.25, -0.2) is 24.0 Å². The monoisotopic (exact) mass is 1120 g/mol. The van der Waals surface area contributed by atoms with E-state index in [9.17, 15) is 59.3 Å². The molecule has 27 nitrogen and oxygen atoms in total. The van der Waals surface area contributed by atoms with E-state index in [1.165, 1.54) is 38.2 Å². The molecule has 79 heavy (non-hydrogen) atoms. The SMILES string of the molecule is CN(C(=O)OC(C)(C)C)[C@@H]1[C@@H](O)[C@@H](O[C@H]2[C@H](NC(=O)C3(O)CCN(C(=O)OC(C)(C)C)C3)C[C@H](NC(=O)OC(C)(C)C)C([C@H]3OC(CNC(=O)OCc4ccc([N+](=O)[O-])cc4)=CC[C@H]3NC(=O)OC(C)(C)C)[C@@H]2O)OC[C@]1(C)O. The molecule has 2 saturated heterocycles. The number of non-ortho nitro benzene ring substituents is 1. The van der Waals surface area contributed by atoms with Gasteiger partial charge in [0.15, 0.2) is 11.9 Å². The molecule has 0 bridgehead atoms. The molecular formula is C52H81N7O20. The van der Waals surface area contributed by atoms with Crippen molar-refractivity contribution in [3.05, 3.63) is 51.8 Å². The first kappa shape index (κ1) is 63.6. The van der Waals surface area contributed by atoms with Gasteiger partial charge in [0.05, 0.1) is 48.8 Å². The van der Waals surface area contributed by atoms with Crippen LogP contribution in [0, 0.1) is 16.0 Å². The summed E-state index contributed by atoms with van der Waals surface area (Å²) >= 11 is 0. The smallest absolute Gasteiger partial charge is 0.410 e. The van der Waals surface area contributed by atoms with E-state index < -0.39 is 149 Å². The second-order valence-corrected chi connectivity index (χ2v) is 24.6. The van der Waals surface area contributed by atoms with E-state index in [4.69, 9.17) is 37.9 Å². The highest BCUT2D eigenvalue weighted by Gasteiger charge is 2.58. The molecule has 1 aromatic carbocycles. The zero-order chi connectivity index (χ0) is 59.4. The van der Waals surface area contributed by atoms with Gasteiger partial charge in [0.2, 0.25) is 0 Å². The second-order valence-electron chi connectivity index (χ2n) is 24.6. The van der Waals surface area contributed by atoms with Gasteiger partial charge in [0.1, 0.15) is 58.7 Å². The topological polar surface area (TPSA) is 355 Å². The summed E-state index contributed by atoms with van der Waals surface area (Å²) in [5, 5.41) is 70.7. The van der Waals surface area contributed by atoms with Crippen molar-refractivity contribution in [2.75, 3.05) is 33.3 Å². The first-order valence-electron chi connectivity index (χ1n) is 26.1. The molecule has 1 aromatic rings. The number of nitrogens with one attached hydrogen (secondary N) is 4. The van der Waals surface area contributed by atoms with Gasteiger partial charge in [-0.1, -0.05) is 0 Å². The molecule has 1 aliphatic carbocycles. The molecule has 3 fully saturated rings. The maximum atomic E-state index is 14.5. The summed E-state index contributed by atoms with van der Waals surface area (Å²) in [6.45, 7) is 19.2. The first-order valence-corrected chi connectivity index (χ1v) is 26.1. The number of hydrogen-bond acceptors (Lipinski definition) is 20. The normalized spacial score (nSPS) is 29.3. The molecule has 1 saturated carbocycles. The lowest BCUT2D eigenvalue weighted by Crippen LogP contribution is -2.71. The fourth-order valence-electron chi connectivity index (χ4n) is 9.53. The number of alkyl carbamates (subject to hydrolysis) is 3. The predicted molar refractivity (Wildman–Crippen MR) is 278 cm³/mol. The van der Waals surface area contributed by atoms with Gasteiger partial charge in [-0.2, -0.15) is 0 Å². The van der Waals surface area contributed by atoms with Crippen LogP contribution in [-0.4, -0.2) is 193 Å². The number of amides is 6. The summed E-state index contributed by atoms with van der Waals surface area (Å²) in [6, 6.07) is 0.0808. The predicted octanol–water partition coefficient (Wildman–Crippen LogP) is 3.61. The largest absolute Gasteiger partial charge is 0.491 e. The fraction of sp³-hybridized carbons (Fsp3) is 0.731. The number of nitro groups is 1. The zero-order valence-corrected chi connectivity index (χ0v) is 47.5. The molecular weight excluding hydrogens is 1040 g/mol. The van der Waals surface area contributed by atoms with Crippen LogP contribution in [0.2, 0.25) is 0 Å². The molecule has 5 rings (SSSR count). The highest BCUT2D eigenvalue weighted by Crippen LogP contribution is 2.39. The minimum atomic E-state index is -2.23. The lowest BCUT2D eigenvalue weighted by atomic mass is 9.72. The fourth-order valence-corrected chi connectivity index (χ4v) is 9.53. The Labute approximate surface area is 459 Å². The van der Waals surface area contributed by atoms with Crippen molar-refractivity contribution < 1.29 is 92.0 Å². The lowest BCUT2D eigenvalue weighted by Gasteiger charge is -2.52. The van der Waals surface area contributed by atoms with E-state index in [0.29, 0.717) is 5.56 Å². The van der Waals surface area contributed by atoms with E-state index >= 15 is 0 Å². The van der Waals surface area contributed by atoms with E-state index in [2.05, 4.69) is 21.3 Å². The first-order chi connectivity index (χ1) is 36.2. The van der Waals surface area contributed by atoms with E-state index in [1.54, 1.807) is 89.2 Å². The number of ether oxygens (including phenoxy) is 8. The number of aliphatic hydroxyl groups excluding tert-OH is 2. The number of carbonyl (C=O) groups excluding carboxylic acids is 6. The molecule has 8 N–H and O–H groups in total. The van der Waals surface area contributed by atoms with E-state index in [0.717, 1.165) is 9.80 Å². The average Bonchev–Trinajstić information content (AvgIpc) is 3.73. The standard InChI is InChI=1S/C52H81N7O20/c1-47(2,3)76-43(64)55-31-20-19-30(24-53-42(63)72-25-28-15-17-29(18-16-28)59(70)71)74-37(31)34-32(56-44(65)77-48(4,5)6)23-33(54-41(62)52(69)21-22-58(26-52)46(67)79-50(10,11)12)38(35(34)60)75-40-36(61)39(51(13,68)27-73-40)57(14)45(66)78-49(7,8)9/h15-19,31-40,60-61,68-69H,20-27H2,1-14H3,(H,53,63)(H,54,62)(H,55,64)(H,56,65)/t31-,32+,33-,34?,35+,36-,37+,38+,39-,40-,51+,52?/m1/s1. The molecule has 444 valence electrons. The third kappa shape index (κ3) is 17.9. The number of carbonyl (C=O) groups is 6. The third-order valence-electron chi connectivity index (χ3n) is 12.9. The summed E-state index contributed by atoms with van der Waals surface area (Å²) < 4.78 is 46.7. The van der Waals surface area contributed by atoms with Gasteiger partial charge in [-0.15, -0.1) is 0 Å². The average molecular weight is 1120 g/mol. The number of hydrogen-bond donors (Lipinski definition) is 8. The van der Waals surface area contributed by atoms with Gasteiger partial charge in [0.25, 0.3) is 11.6 Å². The summed E-state index contributed by atoms with van der Waals surface area (Å²) in [7, 11) is 1.29. The molecule has 0 radical (unpaired) electrons. The Morgan fingerprint density at radius 1 is 0.797 bits per heavy atom. The van der Waals surface area contributed by atoms with Gasteiger partial charge in [0, 0.05) is 44.1 Å². The van der Waals surface area contributed by atoms with Crippen LogP contribution in [0.5, 0.6) is 0 Å². The van der Waals surface area contributed by atoms with Crippen LogP contribution in [0.25, 0.3) is 0 Å².